The van der Waals surface area contributed by atoms with Crippen LogP contribution in [0.5, 0.6) is 5.75 Å². The minimum Gasteiger partial charge on any atom is -0.492 e. The lowest BCUT2D eigenvalue weighted by molar-refractivity contribution is -0.303. The van der Waals surface area contributed by atoms with Gasteiger partial charge in [-0.15, -0.1) is 18.3 Å². The smallest absolute Gasteiger partial charge is 0.492 e. The maximum absolute atomic E-state index is 12.5. The number of hydrogen-bond acceptors (Lipinski definition) is 6. The number of allylic oxidation sites excluding steroid dienone is 3. The molecular formula is C25H26F3N5O2. The van der Waals surface area contributed by atoms with Crippen molar-refractivity contribution in [2.45, 2.75) is 31.5 Å². The third-order valence-electron chi connectivity index (χ3n) is 6.05. The predicted molar refractivity (Wildman–Crippen MR) is 126 cm³/mol. The van der Waals surface area contributed by atoms with E-state index in [1.165, 1.54) is 25.0 Å². The second-order valence-corrected chi connectivity index (χ2v) is 8.56. The SMILES string of the molecule is FC(F)(F)OC1=CCC(c2cccc3nc(Nc4ccc(OCCN5CCCC5)cc4)nn23)C=C1. The highest BCUT2D eigenvalue weighted by atomic mass is 19.4. The molecule has 3 aromatic rings. The van der Waals surface area contributed by atoms with Crippen molar-refractivity contribution in [3.63, 3.8) is 0 Å². The maximum atomic E-state index is 12.5. The summed E-state index contributed by atoms with van der Waals surface area (Å²) < 4.78 is 48.9. The Hall–Kier alpha value is -3.53. The van der Waals surface area contributed by atoms with E-state index >= 15 is 0 Å². The number of ether oxygens (including phenoxy) is 2. The van der Waals surface area contributed by atoms with Gasteiger partial charge >= 0.3 is 6.36 Å². The molecule has 10 heteroatoms. The molecule has 184 valence electrons. The molecule has 1 N–H and O–H groups in total. The highest BCUT2D eigenvalue weighted by Crippen LogP contribution is 2.30. The van der Waals surface area contributed by atoms with Crippen LogP contribution in [0.4, 0.5) is 24.8 Å². The van der Waals surface area contributed by atoms with Crippen molar-refractivity contribution in [1.82, 2.24) is 19.5 Å². The Labute approximate surface area is 200 Å². The summed E-state index contributed by atoms with van der Waals surface area (Å²) in [6, 6.07) is 13.2. The lowest BCUT2D eigenvalue weighted by Crippen LogP contribution is -2.25. The highest BCUT2D eigenvalue weighted by Gasteiger charge is 2.32. The number of nitrogens with one attached hydrogen (secondary N) is 1. The zero-order valence-electron chi connectivity index (χ0n) is 19.0. The molecule has 0 spiro atoms. The van der Waals surface area contributed by atoms with Crippen molar-refractivity contribution in [2.24, 2.45) is 0 Å². The summed E-state index contributed by atoms with van der Waals surface area (Å²) in [5.74, 6) is 0.888. The minimum absolute atomic E-state index is 0.147. The third-order valence-corrected chi connectivity index (χ3v) is 6.05. The summed E-state index contributed by atoms with van der Waals surface area (Å²) in [5, 5.41) is 7.77. The summed E-state index contributed by atoms with van der Waals surface area (Å²) in [6.45, 7) is 3.91. The van der Waals surface area contributed by atoms with Crippen LogP contribution in [0, 0.1) is 0 Å². The molecule has 2 aromatic heterocycles. The van der Waals surface area contributed by atoms with Crippen LogP contribution in [0.25, 0.3) is 5.65 Å². The summed E-state index contributed by atoms with van der Waals surface area (Å²) in [7, 11) is 0. The number of benzene rings is 1. The molecule has 1 aliphatic heterocycles. The van der Waals surface area contributed by atoms with Crippen molar-refractivity contribution in [3.05, 3.63) is 72.1 Å². The zero-order chi connectivity index (χ0) is 24.3. The predicted octanol–water partition coefficient (Wildman–Crippen LogP) is 5.41. The van der Waals surface area contributed by atoms with Crippen molar-refractivity contribution >= 4 is 17.3 Å². The fourth-order valence-corrected chi connectivity index (χ4v) is 4.35. The van der Waals surface area contributed by atoms with E-state index in [1.54, 1.807) is 10.6 Å². The van der Waals surface area contributed by atoms with Gasteiger partial charge in [0.2, 0.25) is 5.95 Å². The lowest BCUT2D eigenvalue weighted by Gasteiger charge is -2.18. The number of aromatic nitrogens is 3. The van der Waals surface area contributed by atoms with Crippen molar-refractivity contribution in [3.8, 4) is 5.75 Å². The molecule has 1 saturated heterocycles. The van der Waals surface area contributed by atoms with E-state index in [0.29, 0.717) is 24.6 Å². The number of hydrogen-bond donors (Lipinski definition) is 1. The number of rotatable bonds is 8. The number of pyridine rings is 1. The fourth-order valence-electron chi connectivity index (χ4n) is 4.35. The van der Waals surface area contributed by atoms with E-state index in [1.807, 2.05) is 42.5 Å². The van der Waals surface area contributed by atoms with Crippen LogP contribution >= 0.6 is 0 Å². The maximum Gasteiger partial charge on any atom is 0.573 e. The summed E-state index contributed by atoms with van der Waals surface area (Å²) in [4.78, 5) is 6.94. The molecule has 3 heterocycles. The van der Waals surface area contributed by atoms with E-state index in [4.69, 9.17) is 4.74 Å². The molecule has 2 aliphatic rings. The van der Waals surface area contributed by atoms with Gasteiger partial charge in [-0.05, 0) is 80.9 Å². The van der Waals surface area contributed by atoms with Crippen LogP contribution in [0.3, 0.4) is 0 Å². The van der Waals surface area contributed by atoms with E-state index in [2.05, 4.69) is 25.0 Å². The van der Waals surface area contributed by atoms with Gasteiger partial charge in [-0.1, -0.05) is 12.1 Å². The molecule has 0 radical (unpaired) electrons. The first-order valence-corrected chi connectivity index (χ1v) is 11.6. The average molecular weight is 486 g/mol. The number of halogens is 3. The van der Waals surface area contributed by atoms with E-state index in [-0.39, 0.29) is 11.7 Å². The van der Waals surface area contributed by atoms with Gasteiger partial charge in [0, 0.05) is 18.2 Å². The van der Waals surface area contributed by atoms with E-state index in [9.17, 15) is 13.2 Å². The standard InChI is InChI=1S/C25H26F3N5O2/c26-25(27,28)35-21-10-6-18(7-11-21)22-4-3-5-23-30-24(31-33(22)23)29-19-8-12-20(13-9-19)34-17-16-32-14-1-2-15-32/h3-6,8-13,18H,1-2,7,14-17H2,(H,29,31). The van der Waals surface area contributed by atoms with Crippen LogP contribution in [-0.4, -0.2) is 52.1 Å². The average Bonchev–Trinajstić information content (AvgIpc) is 3.49. The van der Waals surface area contributed by atoms with Crippen molar-refractivity contribution < 1.29 is 22.6 Å². The molecule has 1 fully saturated rings. The van der Waals surface area contributed by atoms with Crippen LogP contribution in [0.1, 0.15) is 30.9 Å². The second kappa shape index (κ2) is 9.99. The first kappa shape index (κ1) is 23.2. The van der Waals surface area contributed by atoms with Crippen molar-refractivity contribution in [1.29, 1.82) is 0 Å². The lowest BCUT2D eigenvalue weighted by atomic mass is 9.96. The summed E-state index contributed by atoms with van der Waals surface area (Å²) in [6.07, 6.45) is 2.66. The quantitative estimate of drug-likeness (QED) is 0.460. The Morgan fingerprint density at radius 2 is 1.86 bits per heavy atom. The highest BCUT2D eigenvalue weighted by molar-refractivity contribution is 5.57. The molecular weight excluding hydrogens is 459 g/mol. The van der Waals surface area contributed by atoms with Gasteiger partial charge in [0.1, 0.15) is 18.1 Å². The fraction of sp³-hybridized carbons (Fsp3) is 0.360. The Kier molecular flexibility index (Phi) is 6.63. The minimum atomic E-state index is -4.70. The van der Waals surface area contributed by atoms with Gasteiger partial charge in [-0.3, -0.25) is 4.90 Å². The Morgan fingerprint density at radius 3 is 2.57 bits per heavy atom. The number of nitrogens with zero attached hydrogens (tertiary/aromatic N) is 4. The zero-order valence-corrected chi connectivity index (χ0v) is 19.0. The van der Waals surface area contributed by atoms with Gasteiger partial charge in [-0.2, -0.15) is 4.98 Å². The molecule has 1 aliphatic carbocycles. The normalized spacial score (nSPS) is 18.6. The Morgan fingerprint density at radius 1 is 1.06 bits per heavy atom. The van der Waals surface area contributed by atoms with Gasteiger partial charge in [0.05, 0.1) is 5.69 Å². The summed E-state index contributed by atoms with van der Waals surface area (Å²) >= 11 is 0. The molecule has 1 unspecified atom stereocenters. The first-order chi connectivity index (χ1) is 16.9. The van der Waals surface area contributed by atoms with Gasteiger partial charge < -0.3 is 14.8 Å². The first-order valence-electron chi connectivity index (χ1n) is 11.6. The monoisotopic (exact) mass is 485 g/mol. The van der Waals surface area contributed by atoms with Crippen molar-refractivity contribution in [2.75, 3.05) is 31.6 Å². The van der Waals surface area contributed by atoms with Gasteiger partial charge in [0.15, 0.2) is 5.65 Å². The Balaban J connectivity index is 1.22. The van der Waals surface area contributed by atoms with E-state index in [0.717, 1.165) is 36.8 Å². The third kappa shape index (κ3) is 5.94. The van der Waals surface area contributed by atoms with Crippen LogP contribution < -0.4 is 10.1 Å². The van der Waals surface area contributed by atoms with Crippen LogP contribution in [0.15, 0.2) is 66.5 Å². The molecule has 0 amide bonds. The molecule has 0 saturated carbocycles. The molecule has 35 heavy (non-hydrogen) atoms. The van der Waals surface area contributed by atoms with Gasteiger partial charge in [-0.25, -0.2) is 4.52 Å². The van der Waals surface area contributed by atoms with Gasteiger partial charge in [0.25, 0.3) is 0 Å². The van der Waals surface area contributed by atoms with Crippen LogP contribution in [-0.2, 0) is 4.74 Å². The largest absolute Gasteiger partial charge is 0.573 e. The number of fused-ring (bicyclic) bond motifs is 1. The number of likely N-dealkylation sites (tertiary alicyclic amines) is 1. The summed E-state index contributed by atoms with van der Waals surface area (Å²) in [5.41, 5.74) is 2.29. The number of alkyl halides is 3. The number of anilines is 2. The molecule has 5 rings (SSSR count). The molecule has 7 nitrogen and oxygen atoms in total. The molecule has 0 bridgehead atoms. The molecule has 1 atom stereocenters. The second-order valence-electron chi connectivity index (χ2n) is 8.56. The van der Waals surface area contributed by atoms with E-state index < -0.39 is 6.36 Å². The Bertz CT molecular complexity index is 1210. The van der Waals surface area contributed by atoms with Crippen LogP contribution in [0.2, 0.25) is 0 Å². The topological polar surface area (TPSA) is 63.9 Å². The molecule has 1 aromatic carbocycles.